The van der Waals surface area contributed by atoms with Crippen molar-refractivity contribution in [2.75, 3.05) is 7.11 Å². The first-order valence-corrected chi connectivity index (χ1v) is 9.93. The maximum absolute atomic E-state index is 12.6. The number of hydrogen-bond acceptors (Lipinski definition) is 6. The highest BCUT2D eigenvalue weighted by Gasteiger charge is 2.20. The van der Waals surface area contributed by atoms with Gasteiger partial charge in [-0.15, -0.1) is 0 Å². The second kappa shape index (κ2) is 9.22. The van der Waals surface area contributed by atoms with E-state index in [1.165, 1.54) is 7.11 Å². The maximum Gasteiger partial charge on any atom is 0.340 e. The van der Waals surface area contributed by atoms with E-state index in [4.69, 9.17) is 20.8 Å². The van der Waals surface area contributed by atoms with Crippen LogP contribution in [0.15, 0.2) is 45.6 Å². The Balaban J connectivity index is 1.83. The largest absolute Gasteiger partial charge is 0.548 e. The van der Waals surface area contributed by atoms with Crippen LogP contribution in [0, 0.1) is 13.8 Å². The Hall–Kier alpha value is -3.32. The van der Waals surface area contributed by atoms with Gasteiger partial charge in [-0.05, 0) is 55.7 Å². The highest BCUT2D eigenvalue weighted by molar-refractivity contribution is 6.30. The molecule has 1 amide bonds. The first-order valence-electron chi connectivity index (χ1n) is 9.55. The Morgan fingerprint density at radius 2 is 1.81 bits per heavy atom. The fourth-order valence-electron chi connectivity index (χ4n) is 3.45. The standard InChI is InChI=1S/C23H22ClNO6/c1-12-16-8-9-19(30-3)13(2)21(16)31-23(29)17(12)11-20(26)25-18(22(27)28)10-14-4-6-15(24)7-5-14/h4-9,18H,10-11H2,1-3H3,(H,25,26)(H,27,28)/p-1/t18-/m0/s1. The number of fused-ring (bicyclic) bond motifs is 1. The zero-order chi connectivity index (χ0) is 22.7. The Morgan fingerprint density at radius 3 is 2.42 bits per heavy atom. The number of benzene rings is 2. The SMILES string of the molecule is COc1ccc2c(C)c(CC(=O)N[C@@H](Cc3ccc(Cl)cc3)C(=O)[O-])c(=O)oc2c1C. The number of carboxylic acid groups (broad SMARTS) is 1. The molecular weight excluding hydrogens is 422 g/mol. The number of aliphatic carboxylic acids is 1. The number of methoxy groups -OCH3 is 1. The second-order valence-corrected chi connectivity index (χ2v) is 7.65. The minimum absolute atomic E-state index is 0.0234. The molecule has 0 unspecified atom stereocenters. The number of halogens is 1. The van der Waals surface area contributed by atoms with Gasteiger partial charge >= 0.3 is 5.63 Å². The van der Waals surface area contributed by atoms with E-state index in [1.54, 1.807) is 50.2 Å². The quantitative estimate of drug-likeness (QED) is 0.561. The molecule has 0 aliphatic rings. The van der Waals surface area contributed by atoms with Gasteiger partial charge in [0.25, 0.3) is 0 Å². The Bertz CT molecular complexity index is 1200. The molecule has 0 radical (unpaired) electrons. The summed E-state index contributed by atoms with van der Waals surface area (Å²) in [5, 5.41) is 15.1. The molecule has 0 aliphatic carbocycles. The van der Waals surface area contributed by atoms with Crippen molar-refractivity contribution in [3.05, 3.63) is 74.1 Å². The summed E-state index contributed by atoms with van der Waals surface area (Å²) in [7, 11) is 1.52. The summed E-state index contributed by atoms with van der Waals surface area (Å²) in [5.74, 6) is -1.46. The van der Waals surface area contributed by atoms with Crippen LogP contribution in [-0.2, 0) is 22.4 Å². The number of hydrogen-bond donors (Lipinski definition) is 1. The van der Waals surface area contributed by atoms with Crippen molar-refractivity contribution in [2.24, 2.45) is 0 Å². The van der Waals surface area contributed by atoms with Gasteiger partial charge in [0.05, 0.1) is 31.1 Å². The lowest BCUT2D eigenvalue weighted by Crippen LogP contribution is -2.49. The van der Waals surface area contributed by atoms with Crippen LogP contribution in [0.5, 0.6) is 5.75 Å². The van der Waals surface area contributed by atoms with Crippen LogP contribution in [0.4, 0.5) is 0 Å². The number of carbonyl (C=O) groups excluding carboxylic acids is 2. The van der Waals surface area contributed by atoms with E-state index < -0.39 is 23.5 Å². The molecule has 1 N–H and O–H groups in total. The lowest BCUT2D eigenvalue weighted by Gasteiger charge is -2.20. The lowest BCUT2D eigenvalue weighted by atomic mass is 10.0. The first kappa shape index (κ1) is 22.4. The molecule has 3 aromatic rings. The van der Waals surface area contributed by atoms with E-state index in [0.29, 0.717) is 38.4 Å². The van der Waals surface area contributed by atoms with Gasteiger partial charge < -0.3 is 24.4 Å². The third-order valence-corrected chi connectivity index (χ3v) is 5.44. The molecule has 0 fully saturated rings. The number of rotatable bonds is 7. The Morgan fingerprint density at radius 1 is 1.13 bits per heavy atom. The van der Waals surface area contributed by atoms with Crippen LogP contribution < -0.4 is 20.8 Å². The van der Waals surface area contributed by atoms with Gasteiger partial charge in [0.15, 0.2) is 0 Å². The van der Waals surface area contributed by atoms with Crippen LogP contribution in [0.1, 0.15) is 22.3 Å². The van der Waals surface area contributed by atoms with Gasteiger partial charge in [-0.25, -0.2) is 4.79 Å². The molecule has 1 heterocycles. The molecule has 8 heteroatoms. The molecule has 31 heavy (non-hydrogen) atoms. The topological polar surface area (TPSA) is 109 Å². The van der Waals surface area contributed by atoms with E-state index >= 15 is 0 Å². The van der Waals surface area contributed by atoms with Gasteiger partial charge in [-0.2, -0.15) is 0 Å². The van der Waals surface area contributed by atoms with E-state index in [-0.39, 0.29) is 18.4 Å². The molecule has 3 rings (SSSR count). The average molecular weight is 443 g/mol. The summed E-state index contributed by atoms with van der Waals surface area (Å²) < 4.78 is 10.7. The van der Waals surface area contributed by atoms with Gasteiger partial charge in [0, 0.05) is 16.0 Å². The maximum atomic E-state index is 12.6. The molecule has 0 bridgehead atoms. The smallest absolute Gasteiger partial charge is 0.340 e. The summed E-state index contributed by atoms with van der Waals surface area (Å²) in [4.78, 5) is 36.6. The summed E-state index contributed by atoms with van der Waals surface area (Å²) in [6, 6.07) is 8.86. The lowest BCUT2D eigenvalue weighted by molar-refractivity contribution is -0.308. The predicted molar refractivity (Wildman–Crippen MR) is 114 cm³/mol. The fourth-order valence-corrected chi connectivity index (χ4v) is 3.58. The normalized spacial score (nSPS) is 11.9. The van der Waals surface area contributed by atoms with E-state index in [9.17, 15) is 19.5 Å². The molecular formula is C23H21ClNO6-. The summed E-state index contributed by atoms with van der Waals surface area (Å²) >= 11 is 5.84. The fraction of sp³-hybridized carbons (Fsp3) is 0.261. The highest BCUT2D eigenvalue weighted by Crippen LogP contribution is 2.29. The number of carbonyl (C=O) groups is 2. The van der Waals surface area contributed by atoms with Crippen molar-refractivity contribution in [1.29, 1.82) is 0 Å². The minimum Gasteiger partial charge on any atom is -0.548 e. The van der Waals surface area contributed by atoms with Crippen LogP contribution in [0.3, 0.4) is 0 Å². The van der Waals surface area contributed by atoms with Crippen LogP contribution in [0.2, 0.25) is 5.02 Å². The molecule has 1 atom stereocenters. The van der Waals surface area contributed by atoms with E-state index in [1.807, 2.05) is 0 Å². The van der Waals surface area contributed by atoms with Gasteiger partial charge in [0.1, 0.15) is 11.3 Å². The van der Waals surface area contributed by atoms with Crippen LogP contribution in [-0.4, -0.2) is 25.0 Å². The Labute approximate surface area is 183 Å². The summed E-state index contributed by atoms with van der Waals surface area (Å²) in [6.45, 7) is 3.49. The number of ether oxygens (including phenoxy) is 1. The van der Waals surface area contributed by atoms with E-state index in [2.05, 4.69) is 5.32 Å². The average Bonchev–Trinajstić information content (AvgIpc) is 2.73. The van der Waals surface area contributed by atoms with Crippen molar-refractivity contribution in [1.82, 2.24) is 5.32 Å². The third-order valence-electron chi connectivity index (χ3n) is 5.18. The van der Waals surface area contributed by atoms with Gasteiger partial charge in [-0.1, -0.05) is 23.7 Å². The van der Waals surface area contributed by atoms with Crippen molar-refractivity contribution >= 4 is 34.4 Å². The second-order valence-electron chi connectivity index (χ2n) is 7.21. The molecule has 7 nitrogen and oxygen atoms in total. The highest BCUT2D eigenvalue weighted by atomic mass is 35.5. The van der Waals surface area contributed by atoms with Crippen molar-refractivity contribution < 1.29 is 23.8 Å². The Kier molecular flexibility index (Phi) is 6.65. The molecule has 0 saturated heterocycles. The number of nitrogens with one attached hydrogen (secondary N) is 1. The van der Waals surface area contributed by atoms with E-state index in [0.717, 1.165) is 0 Å². The number of carboxylic acids is 1. The van der Waals surface area contributed by atoms with Gasteiger partial charge in [0.2, 0.25) is 5.91 Å². The molecule has 0 aliphatic heterocycles. The molecule has 162 valence electrons. The summed E-state index contributed by atoms with van der Waals surface area (Å²) in [5.41, 5.74) is 1.84. The predicted octanol–water partition coefficient (Wildman–Crippen LogP) is 2.09. The van der Waals surface area contributed by atoms with Crippen LogP contribution >= 0.6 is 11.6 Å². The van der Waals surface area contributed by atoms with Crippen molar-refractivity contribution in [2.45, 2.75) is 32.7 Å². The third kappa shape index (κ3) is 4.88. The van der Waals surface area contributed by atoms with Crippen molar-refractivity contribution in [3.8, 4) is 5.75 Å². The molecule has 0 spiro atoms. The van der Waals surface area contributed by atoms with Gasteiger partial charge in [-0.3, -0.25) is 4.79 Å². The molecule has 1 aromatic heterocycles. The monoisotopic (exact) mass is 442 g/mol. The zero-order valence-electron chi connectivity index (χ0n) is 17.3. The van der Waals surface area contributed by atoms with Crippen molar-refractivity contribution in [3.63, 3.8) is 0 Å². The number of aryl methyl sites for hydroxylation is 2. The zero-order valence-corrected chi connectivity index (χ0v) is 18.0. The number of amides is 1. The first-order chi connectivity index (χ1) is 14.7. The molecule has 0 saturated carbocycles. The molecule has 2 aromatic carbocycles. The van der Waals surface area contributed by atoms with Crippen LogP contribution in [0.25, 0.3) is 11.0 Å². The minimum atomic E-state index is -1.42. The summed E-state index contributed by atoms with van der Waals surface area (Å²) in [6.07, 6.45) is -0.297.